The summed E-state index contributed by atoms with van der Waals surface area (Å²) in [6.07, 6.45) is 1.74. The Morgan fingerprint density at radius 2 is 1.85 bits per heavy atom. The van der Waals surface area contributed by atoms with E-state index in [9.17, 15) is 9.18 Å². The van der Waals surface area contributed by atoms with E-state index in [2.05, 4.69) is 15.3 Å². The number of amides is 1. The molecule has 8 heteroatoms. The number of H-pyrrole nitrogens is 1. The average Bonchev–Trinajstić information content (AvgIpc) is 3.34. The highest BCUT2D eigenvalue weighted by molar-refractivity contribution is 6.31. The Morgan fingerprint density at radius 1 is 1.06 bits per heavy atom. The fourth-order valence-corrected chi connectivity index (χ4v) is 3.53. The van der Waals surface area contributed by atoms with E-state index in [4.69, 9.17) is 21.1 Å². The summed E-state index contributed by atoms with van der Waals surface area (Å²) in [4.78, 5) is 20.1. The molecule has 0 aliphatic heterocycles. The molecule has 0 radical (unpaired) electrons. The molecule has 3 aromatic carbocycles. The van der Waals surface area contributed by atoms with Gasteiger partial charge in [-0.3, -0.25) is 4.79 Å². The molecule has 1 heterocycles. The van der Waals surface area contributed by atoms with Crippen LogP contribution in [0.3, 0.4) is 0 Å². The Morgan fingerprint density at radius 3 is 2.58 bits per heavy atom. The van der Waals surface area contributed by atoms with E-state index in [1.807, 2.05) is 42.5 Å². The minimum atomic E-state index is -0.617. The summed E-state index contributed by atoms with van der Waals surface area (Å²) in [5, 5.41) is 3.01. The summed E-state index contributed by atoms with van der Waals surface area (Å²) in [7, 11) is 3.22. The van der Waals surface area contributed by atoms with Crippen molar-refractivity contribution in [1.29, 1.82) is 0 Å². The molecule has 168 valence electrons. The fourth-order valence-electron chi connectivity index (χ4n) is 3.36. The first-order valence-corrected chi connectivity index (χ1v) is 10.5. The van der Waals surface area contributed by atoms with Crippen LogP contribution < -0.4 is 14.8 Å². The Bertz CT molecular complexity index is 1290. The topological polar surface area (TPSA) is 76.2 Å². The summed E-state index contributed by atoms with van der Waals surface area (Å²) in [6.45, 7) is 0.246. The number of benzene rings is 3. The Balaban J connectivity index is 1.47. The number of imidazole rings is 1. The molecule has 4 rings (SSSR count). The zero-order valence-corrected chi connectivity index (χ0v) is 18.7. The molecule has 1 aromatic heterocycles. The van der Waals surface area contributed by atoms with Crippen LogP contribution in [0.1, 0.15) is 15.9 Å². The molecule has 2 N–H and O–H groups in total. The second kappa shape index (κ2) is 9.75. The van der Waals surface area contributed by atoms with Crippen LogP contribution in [0.4, 0.5) is 4.39 Å². The van der Waals surface area contributed by atoms with Crippen LogP contribution >= 0.6 is 11.6 Å². The van der Waals surface area contributed by atoms with Crippen LogP contribution in [0.2, 0.25) is 5.02 Å². The zero-order chi connectivity index (χ0) is 23.4. The Hall–Kier alpha value is -3.84. The van der Waals surface area contributed by atoms with Crippen molar-refractivity contribution >= 4 is 17.5 Å². The maximum atomic E-state index is 13.9. The van der Waals surface area contributed by atoms with Crippen LogP contribution in [0.15, 0.2) is 66.9 Å². The van der Waals surface area contributed by atoms with E-state index < -0.39 is 11.7 Å². The summed E-state index contributed by atoms with van der Waals surface area (Å²) < 4.78 is 24.6. The minimum absolute atomic E-state index is 0.0878. The fraction of sp³-hybridized carbons (Fsp3) is 0.120. The van der Waals surface area contributed by atoms with Gasteiger partial charge < -0.3 is 19.8 Å². The molecule has 0 saturated heterocycles. The number of carbonyl (C=O) groups is 1. The monoisotopic (exact) mass is 465 g/mol. The first-order valence-electron chi connectivity index (χ1n) is 10.1. The highest BCUT2D eigenvalue weighted by atomic mass is 35.5. The zero-order valence-electron chi connectivity index (χ0n) is 18.0. The van der Waals surface area contributed by atoms with Crippen LogP contribution in [0, 0.1) is 5.82 Å². The summed E-state index contributed by atoms with van der Waals surface area (Å²) in [6, 6.07) is 17.0. The van der Waals surface area contributed by atoms with Gasteiger partial charge in [0.25, 0.3) is 5.91 Å². The maximum absolute atomic E-state index is 13.9. The summed E-state index contributed by atoms with van der Waals surface area (Å²) in [5.41, 5.74) is 3.27. The second-order valence-corrected chi connectivity index (χ2v) is 7.65. The van der Waals surface area contributed by atoms with Crippen molar-refractivity contribution in [2.24, 2.45) is 0 Å². The van der Waals surface area contributed by atoms with Crippen molar-refractivity contribution in [2.75, 3.05) is 14.2 Å². The lowest BCUT2D eigenvalue weighted by Gasteiger charge is -2.09. The van der Waals surface area contributed by atoms with E-state index in [-0.39, 0.29) is 12.1 Å². The molecule has 0 aliphatic rings. The summed E-state index contributed by atoms with van der Waals surface area (Å²) >= 11 is 5.86. The number of ether oxygens (including phenoxy) is 2. The molecule has 0 bridgehead atoms. The predicted octanol–water partition coefficient (Wildman–Crippen LogP) is 5.48. The lowest BCUT2D eigenvalue weighted by atomic mass is 10.1. The third-order valence-electron chi connectivity index (χ3n) is 5.13. The van der Waals surface area contributed by atoms with Crippen molar-refractivity contribution in [3.05, 3.63) is 88.8 Å². The van der Waals surface area contributed by atoms with Gasteiger partial charge in [0.1, 0.15) is 23.1 Å². The van der Waals surface area contributed by atoms with E-state index in [1.165, 1.54) is 18.2 Å². The van der Waals surface area contributed by atoms with Crippen LogP contribution in [-0.2, 0) is 6.54 Å². The van der Waals surface area contributed by atoms with Gasteiger partial charge in [-0.25, -0.2) is 9.37 Å². The molecule has 0 saturated carbocycles. The van der Waals surface area contributed by atoms with Crippen LogP contribution in [0.5, 0.6) is 11.5 Å². The first-order chi connectivity index (χ1) is 16.0. The molecule has 4 aromatic rings. The molecule has 0 spiro atoms. The van der Waals surface area contributed by atoms with Crippen molar-refractivity contribution < 1.29 is 18.7 Å². The Kier molecular flexibility index (Phi) is 6.60. The maximum Gasteiger partial charge on any atom is 0.254 e. The van der Waals surface area contributed by atoms with Gasteiger partial charge >= 0.3 is 0 Å². The van der Waals surface area contributed by atoms with Crippen molar-refractivity contribution in [1.82, 2.24) is 15.3 Å². The number of nitrogens with one attached hydrogen (secondary N) is 2. The minimum Gasteiger partial charge on any atom is -0.497 e. The standard InChI is InChI=1S/C25H21ClFN3O3/c1-32-18-8-10-23(33-2)20(12-18)22-14-28-24(30-22)16-5-3-15(4-6-16)13-29-25(31)19-11-17(26)7-9-21(19)27/h3-12,14H,13H2,1-2H3,(H,28,30)(H,29,31). The molecule has 0 unspecified atom stereocenters. The van der Waals surface area contributed by atoms with Crippen molar-refractivity contribution in [2.45, 2.75) is 6.54 Å². The van der Waals surface area contributed by atoms with Crippen molar-refractivity contribution in [3.63, 3.8) is 0 Å². The van der Waals surface area contributed by atoms with E-state index in [0.717, 1.165) is 22.4 Å². The Labute approximate surface area is 195 Å². The number of carbonyl (C=O) groups excluding carboxylic acids is 1. The first kappa shape index (κ1) is 22.4. The van der Waals surface area contributed by atoms with Gasteiger partial charge in [-0.2, -0.15) is 0 Å². The lowest BCUT2D eigenvalue weighted by Crippen LogP contribution is -2.23. The molecular weight excluding hydrogens is 445 g/mol. The summed E-state index contributed by atoms with van der Waals surface area (Å²) in [5.74, 6) is 0.959. The predicted molar refractivity (Wildman–Crippen MR) is 125 cm³/mol. The third kappa shape index (κ3) is 4.99. The highest BCUT2D eigenvalue weighted by Crippen LogP contribution is 2.33. The molecular formula is C25H21ClFN3O3. The molecule has 33 heavy (non-hydrogen) atoms. The SMILES string of the molecule is COc1ccc(OC)c(-c2cnc(-c3ccc(CNC(=O)c4cc(Cl)ccc4F)cc3)[nH]2)c1. The number of hydrogen-bond donors (Lipinski definition) is 2. The van der Waals surface area contributed by atoms with E-state index in [0.29, 0.717) is 22.3 Å². The third-order valence-corrected chi connectivity index (χ3v) is 5.36. The molecule has 0 atom stereocenters. The number of halogens is 2. The smallest absolute Gasteiger partial charge is 0.254 e. The normalized spacial score (nSPS) is 10.7. The number of hydrogen-bond acceptors (Lipinski definition) is 4. The van der Waals surface area contributed by atoms with Gasteiger partial charge in [0, 0.05) is 22.7 Å². The van der Waals surface area contributed by atoms with Gasteiger partial charge in [-0.05, 0) is 42.0 Å². The quantitative estimate of drug-likeness (QED) is 0.378. The number of aromatic amines is 1. The van der Waals surface area contributed by atoms with Gasteiger partial charge in [-0.1, -0.05) is 35.9 Å². The number of aromatic nitrogens is 2. The van der Waals surface area contributed by atoms with Crippen molar-refractivity contribution in [3.8, 4) is 34.1 Å². The van der Waals surface area contributed by atoms with Gasteiger partial charge in [-0.15, -0.1) is 0 Å². The second-order valence-electron chi connectivity index (χ2n) is 7.22. The van der Waals surface area contributed by atoms with Crippen LogP contribution in [-0.4, -0.2) is 30.1 Å². The number of rotatable bonds is 7. The van der Waals surface area contributed by atoms with Gasteiger partial charge in [0.05, 0.1) is 31.7 Å². The number of nitrogens with zero attached hydrogens (tertiary/aromatic N) is 1. The lowest BCUT2D eigenvalue weighted by molar-refractivity contribution is 0.0947. The van der Waals surface area contributed by atoms with Gasteiger partial charge in [0.2, 0.25) is 0 Å². The van der Waals surface area contributed by atoms with E-state index in [1.54, 1.807) is 20.4 Å². The molecule has 0 aliphatic carbocycles. The number of methoxy groups -OCH3 is 2. The molecule has 6 nitrogen and oxygen atoms in total. The molecule has 1 amide bonds. The van der Waals surface area contributed by atoms with Gasteiger partial charge in [0.15, 0.2) is 0 Å². The average molecular weight is 466 g/mol. The molecule has 0 fully saturated rings. The largest absolute Gasteiger partial charge is 0.497 e. The van der Waals surface area contributed by atoms with E-state index >= 15 is 0 Å². The van der Waals surface area contributed by atoms with Crippen LogP contribution in [0.25, 0.3) is 22.6 Å². The highest BCUT2D eigenvalue weighted by Gasteiger charge is 2.13.